The maximum absolute atomic E-state index is 12.1. The first-order valence-corrected chi connectivity index (χ1v) is 9.21. The SMILES string of the molecule is CC(=O)c1cccc(NC(=O)COc2ccc(-c3ccccc3)cc2Br)c1. The maximum atomic E-state index is 12.1. The average Bonchev–Trinajstić information content (AvgIpc) is 2.68. The van der Waals surface area contributed by atoms with Crippen molar-refractivity contribution in [2.45, 2.75) is 6.92 Å². The summed E-state index contributed by atoms with van der Waals surface area (Å²) in [6, 6.07) is 22.6. The van der Waals surface area contributed by atoms with Crippen LogP contribution in [0.2, 0.25) is 0 Å². The summed E-state index contributed by atoms with van der Waals surface area (Å²) in [5, 5.41) is 2.73. The summed E-state index contributed by atoms with van der Waals surface area (Å²) in [5.41, 5.74) is 3.27. The van der Waals surface area contributed by atoms with Crippen LogP contribution < -0.4 is 10.1 Å². The minimum atomic E-state index is -0.297. The Balaban J connectivity index is 1.62. The molecule has 0 aromatic heterocycles. The zero-order chi connectivity index (χ0) is 19.2. The fraction of sp³-hybridized carbons (Fsp3) is 0.0909. The molecule has 3 aromatic carbocycles. The first-order chi connectivity index (χ1) is 13.0. The zero-order valence-corrected chi connectivity index (χ0v) is 16.3. The Hall–Kier alpha value is -2.92. The normalized spacial score (nSPS) is 10.3. The van der Waals surface area contributed by atoms with Gasteiger partial charge in [-0.1, -0.05) is 48.5 Å². The van der Waals surface area contributed by atoms with Gasteiger partial charge in [-0.15, -0.1) is 0 Å². The summed E-state index contributed by atoms with van der Waals surface area (Å²) < 4.78 is 6.39. The molecule has 0 radical (unpaired) electrons. The third-order valence-corrected chi connectivity index (χ3v) is 4.57. The van der Waals surface area contributed by atoms with E-state index in [0.717, 1.165) is 15.6 Å². The van der Waals surface area contributed by atoms with Crippen LogP contribution in [-0.2, 0) is 4.79 Å². The number of carbonyl (C=O) groups excluding carboxylic acids is 2. The van der Waals surface area contributed by atoms with Crippen LogP contribution in [0.4, 0.5) is 5.69 Å². The number of hydrogen-bond donors (Lipinski definition) is 1. The number of ketones is 1. The molecule has 0 aliphatic carbocycles. The van der Waals surface area contributed by atoms with Crippen LogP contribution in [0, 0.1) is 0 Å². The van der Waals surface area contributed by atoms with Crippen LogP contribution in [0.5, 0.6) is 5.75 Å². The fourth-order valence-electron chi connectivity index (χ4n) is 2.58. The molecule has 1 N–H and O–H groups in total. The van der Waals surface area contributed by atoms with Crippen molar-refractivity contribution in [3.63, 3.8) is 0 Å². The molecule has 0 bridgehead atoms. The van der Waals surface area contributed by atoms with Gasteiger partial charge >= 0.3 is 0 Å². The molecule has 0 atom stereocenters. The van der Waals surface area contributed by atoms with Crippen LogP contribution in [-0.4, -0.2) is 18.3 Å². The molecule has 0 heterocycles. The van der Waals surface area contributed by atoms with E-state index in [-0.39, 0.29) is 18.3 Å². The van der Waals surface area contributed by atoms with Crippen molar-refractivity contribution in [1.82, 2.24) is 0 Å². The lowest BCUT2D eigenvalue weighted by Crippen LogP contribution is -2.20. The van der Waals surface area contributed by atoms with Crippen molar-refractivity contribution >= 4 is 33.3 Å². The monoisotopic (exact) mass is 423 g/mol. The Morgan fingerprint density at radius 1 is 0.926 bits per heavy atom. The van der Waals surface area contributed by atoms with Crippen LogP contribution >= 0.6 is 15.9 Å². The molecule has 0 saturated carbocycles. The molecular formula is C22H18BrNO3. The van der Waals surface area contributed by atoms with Gasteiger partial charge in [-0.2, -0.15) is 0 Å². The number of amides is 1. The third-order valence-electron chi connectivity index (χ3n) is 3.95. The van der Waals surface area contributed by atoms with Gasteiger partial charge in [0.15, 0.2) is 12.4 Å². The molecule has 0 aliphatic heterocycles. The summed E-state index contributed by atoms with van der Waals surface area (Å²) in [6.07, 6.45) is 0. The van der Waals surface area contributed by atoms with Gasteiger partial charge in [0, 0.05) is 11.3 Å². The molecule has 4 nitrogen and oxygen atoms in total. The van der Waals surface area contributed by atoms with Crippen molar-refractivity contribution in [3.8, 4) is 16.9 Å². The van der Waals surface area contributed by atoms with Gasteiger partial charge in [-0.3, -0.25) is 9.59 Å². The minimum absolute atomic E-state index is 0.0511. The first kappa shape index (κ1) is 18.9. The Bertz CT molecular complexity index is 970. The Morgan fingerprint density at radius 3 is 2.41 bits per heavy atom. The molecule has 3 aromatic rings. The van der Waals surface area contributed by atoms with Gasteiger partial charge in [0.2, 0.25) is 0 Å². The predicted molar refractivity (Wildman–Crippen MR) is 110 cm³/mol. The lowest BCUT2D eigenvalue weighted by Gasteiger charge is -2.11. The molecule has 0 unspecified atom stereocenters. The first-order valence-electron chi connectivity index (χ1n) is 8.41. The Morgan fingerprint density at radius 2 is 1.70 bits per heavy atom. The van der Waals surface area contributed by atoms with Crippen molar-refractivity contribution < 1.29 is 14.3 Å². The molecule has 0 saturated heterocycles. The van der Waals surface area contributed by atoms with Gasteiger partial charge in [0.05, 0.1) is 4.47 Å². The highest BCUT2D eigenvalue weighted by atomic mass is 79.9. The van der Waals surface area contributed by atoms with E-state index in [2.05, 4.69) is 21.2 Å². The number of carbonyl (C=O) groups is 2. The second-order valence-electron chi connectivity index (χ2n) is 5.99. The highest BCUT2D eigenvalue weighted by Crippen LogP contribution is 2.30. The molecule has 3 rings (SSSR count). The van der Waals surface area contributed by atoms with E-state index in [4.69, 9.17) is 4.74 Å². The van der Waals surface area contributed by atoms with Crippen molar-refractivity contribution in [3.05, 3.63) is 82.8 Å². The quantitative estimate of drug-likeness (QED) is 0.544. The van der Waals surface area contributed by atoms with Crippen molar-refractivity contribution in [2.75, 3.05) is 11.9 Å². The molecular weight excluding hydrogens is 406 g/mol. The van der Waals surface area contributed by atoms with Gasteiger partial charge in [-0.25, -0.2) is 0 Å². The van der Waals surface area contributed by atoms with Gasteiger partial charge in [0.1, 0.15) is 5.75 Å². The predicted octanol–water partition coefficient (Wildman–Crippen LogP) is 5.34. The molecule has 27 heavy (non-hydrogen) atoms. The smallest absolute Gasteiger partial charge is 0.262 e. The number of hydrogen-bond acceptors (Lipinski definition) is 3. The van der Waals surface area contributed by atoms with E-state index in [1.165, 1.54) is 6.92 Å². The standard InChI is InChI=1S/C22H18BrNO3/c1-15(25)17-8-5-9-19(12-17)24-22(26)14-27-21-11-10-18(13-20(21)23)16-6-3-2-4-7-16/h2-13H,14H2,1H3,(H,24,26). The number of anilines is 1. The summed E-state index contributed by atoms with van der Waals surface area (Å²) in [4.78, 5) is 23.5. The minimum Gasteiger partial charge on any atom is -0.483 e. The van der Waals surface area contributed by atoms with Crippen molar-refractivity contribution in [1.29, 1.82) is 0 Å². The number of halogens is 1. The fourth-order valence-corrected chi connectivity index (χ4v) is 3.08. The van der Waals surface area contributed by atoms with E-state index in [1.807, 2.05) is 48.5 Å². The highest BCUT2D eigenvalue weighted by Gasteiger charge is 2.09. The lowest BCUT2D eigenvalue weighted by atomic mass is 10.1. The zero-order valence-electron chi connectivity index (χ0n) is 14.7. The largest absolute Gasteiger partial charge is 0.483 e. The summed E-state index contributed by atoms with van der Waals surface area (Å²) in [6.45, 7) is 1.36. The average molecular weight is 424 g/mol. The van der Waals surface area contributed by atoms with E-state index in [1.54, 1.807) is 24.3 Å². The van der Waals surface area contributed by atoms with Crippen LogP contribution in [0.15, 0.2) is 77.3 Å². The van der Waals surface area contributed by atoms with Gasteiger partial charge < -0.3 is 10.1 Å². The number of benzene rings is 3. The lowest BCUT2D eigenvalue weighted by molar-refractivity contribution is -0.118. The number of rotatable bonds is 6. The topological polar surface area (TPSA) is 55.4 Å². The molecule has 0 aliphatic rings. The second kappa shape index (κ2) is 8.64. The molecule has 5 heteroatoms. The summed E-state index contributed by atoms with van der Waals surface area (Å²) in [5.74, 6) is 0.238. The van der Waals surface area contributed by atoms with Crippen molar-refractivity contribution in [2.24, 2.45) is 0 Å². The summed E-state index contributed by atoms with van der Waals surface area (Å²) >= 11 is 3.49. The van der Waals surface area contributed by atoms with Gasteiger partial charge in [0.25, 0.3) is 5.91 Å². The molecule has 0 spiro atoms. The van der Waals surface area contributed by atoms with Crippen LogP contribution in [0.3, 0.4) is 0 Å². The van der Waals surface area contributed by atoms with Crippen LogP contribution in [0.25, 0.3) is 11.1 Å². The molecule has 136 valence electrons. The maximum Gasteiger partial charge on any atom is 0.262 e. The molecule has 0 fully saturated rings. The molecule has 1 amide bonds. The summed E-state index contributed by atoms with van der Waals surface area (Å²) in [7, 11) is 0. The number of ether oxygens (including phenoxy) is 1. The van der Waals surface area contributed by atoms with Crippen LogP contribution in [0.1, 0.15) is 17.3 Å². The third kappa shape index (κ3) is 5.05. The number of nitrogens with one attached hydrogen (secondary N) is 1. The Kier molecular flexibility index (Phi) is 6.04. The van der Waals surface area contributed by atoms with E-state index >= 15 is 0 Å². The van der Waals surface area contributed by atoms with E-state index in [0.29, 0.717) is 17.0 Å². The second-order valence-corrected chi connectivity index (χ2v) is 6.84. The number of Topliss-reactive ketones (excluding diaryl/α,β-unsaturated/α-hetero) is 1. The van der Waals surface area contributed by atoms with E-state index < -0.39 is 0 Å². The Labute approximate surface area is 166 Å². The van der Waals surface area contributed by atoms with E-state index in [9.17, 15) is 9.59 Å². The highest BCUT2D eigenvalue weighted by molar-refractivity contribution is 9.10. The van der Waals surface area contributed by atoms with Gasteiger partial charge in [-0.05, 0) is 58.2 Å².